The van der Waals surface area contributed by atoms with E-state index in [2.05, 4.69) is 20.3 Å². The maximum atomic E-state index is 4.18. The lowest BCUT2D eigenvalue weighted by Gasteiger charge is -2.09. The van der Waals surface area contributed by atoms with Crippen LogP contribution in [-0.2, 0) is 6.54 Å². The Morgan fingerprint density at radius 3 is 3.40 bits per heavy atom. The Balaban J connectivity index is 2.39. The first-order valence-electron chi connectivity index (χ1n) is 3.16. The third kappa shape index (κ3) is 0.689. The molecule has 52 valence electrons. The molecule has 0 amide bonds. The average Bonchev–Trinajstić information content (AvgIpc) is 2.33. The summed E-state index contributed by atoms with van der Waals surface area (Å²) < 4.78 is 0. The zero-order chi connectivity index (χ0) is 6.97. The Labute approximate surface area is 58.4 Å². The summed E-state index contributed by atoms with van der Waals surface area (Å²) in [5, 5.41) is 3.05. The predicted octanol–water partition coefficient (Wildman–Crippen LogP) is 0.754. The molecule has 1 aliphatic rings. The number of anilines is 1. The van der Waals surface area contributed by atoms with E-state index in [0.29, 0.717) is 6.54 Å². The fourth-order valence-corrected chi connectivity index (χ4v) is 0.958. The first kappa shape index (κ1) is 5.46. The molecular weight excluding hydrogens is 128 g/mol. The van der Waals surface area contributed by atoms with Crippen LogP contribution in [0, 0.1) is 0 Å². The van der Waals surface area contributed by atoms with Crippen LogP contribution in [0.1, 0.15) is 12.6 Å². The first-order chi connectivity index (χ1) is 4.86. The summed E-state index contributed by atoms with van der Waals surface area (Å²) in [5.41, 5.74) is 1.06. The molecule has 2 rings (SSSR count). The fraction of sp³-hybridized carbons (Fsp3) is 0.333. The molecule has 0 saturated carbocycles. The van der Waals surface area contributed by atoms with Gasteiger partial charge in [-0.25, -0.2) is 4.98 Å². The summed E-state index contributed by atoms with van der Waals surface area (Å²) >= 11 is 0. The Kier molecular flexibility index (Phi) is 1.00. The highest BCUT2D eigenvalue weighted by Crippen LogP contribution is 2.14. The van der Waals surface area contributed by atoms with Crippen LogP contribution in [0.3, 0.4) is 0 Å². The SMILES string of the molecule is CC1=NCc2[nH]cnc2N1. The van der Waals surface area contributed by atoms with Gasteiger partial charge < -0.3 is 10.3 Å². The van der Waals surface area contributed by atoms with Crippen molar-refractivity contribution in [1.29, 1.82) is 0 Å². The van der Waals surface area contributed by atoms with Crippen LogP contribution in [0.15, 0.2) is 11.3 Å². The molecule has 4 heteroatoms. The number of hydrogen-bond acceptors (Lipinski definition) is 3. The molecule has 10 heavy (non-hydrogen) atoms. The molecule has 0 aliphatic carbocycles. The number of nitrogens with one attached hydrogen (secondary N) is 2. The molecule has 1 aromatic rings. The van der Waals surface area contributed by atoms with E-state index in [1.54, 1.807) is 6.33 Å². The zero-order valence-electron chi connectivity index (χ0n) is 5.68. The smallest absolute Gasteiger partial charge is 0.154 e. The Hall–Kier alpha value is -1.32. The zero-order valence-corrected chi connectivity index (χ0v) is 5.68. The van der Waals surface area contributed by atoms with Crippen molar-refractivity contribution in [3.63, 3.8) is 0 Å². The summed E-state index contributed by atoms with van der Waals surface area (Å²) in [6.45, 7) is 2.64. The molecule has 0 aromatic carbocycles. The number of imidazole rings is 1. The second-order valence-electron chi connectivity index (χ2n) is 2.26. The lowest BCUT2D eigenvalue weighted by atomic mass is 10.4. The quantitative estimate of drug-likeness (QED) is 0.553. The Morgan fingerprint density at radius 2 is 2.50 bits per heavy atom. The lowest BCUT2D eigenvalue weighted by Crippen LogP contribution is -2.13. The van der Waals surface area contributed by atoms with Crippen molar-refractivity contribution in [2.45, 2.75) is 13.5 Å². The van der Waals surface area contributed by atoms with E-state index in [1.807, 2.05) is 6.92 Å². The van der Waals surface area contributed by atoms with E-state index in [9.17, 15) is 0 Å². The van der Waals surface area contributed by atoms with E-state index >= 15 is 0 Å². The largest absolute Gasteiger partial charge is 0.345 e. The Bertz CT molecular complexity index is 273. The van der Waals surface area contributed by atoms with Crippen molar-refractivity contribution < 1.29 is 0 Å². The molecule has 2 heterocycles. The third-order valence-electron chi connectivity index (χ3n) is 1.49. The van der Waals surface area contributed by atoms with Crippen LogP contribution in [0.5, 0.6) is 0 Å². The van der Waals surface area contributed by atoms with Crippen molar-refractivity contribution in [3.05, 3.63) is 12.0 Å². The summed E-state index contributed by atoms with van der Waals surface area (Å²) in [4.78, 5) is 11.2. The van der Waals surface area contributed by atoms with Crippen LogP contribution in [0.4, 0.5) is 5.82 Å². The fourth-order valence-electron chi connectivity index (χ4n) is 0.958. The first-order valence-corrected chi connectivity index (χ1v) is 3.16. The van der Waals surface area contributed by atoms with Gasteiger partial charge in [-0.05, 0) is 6.92 Å². The number of H-pyrrole nitrogens is 1. The molecule has 0 atom stereocenters. The molecule has 0 radical (unpaired) electrons. The van der Waals surface area contributed by atoms with Crippen molar-refractivity contribution in [3.8, 4) is 0 Å². The normalized spacial score (nSPS) is 15.5. The van der Waals surface area contributed by atoms with Crippen LogP contribution >= 0.6 is 0 Å². The van der Waals surface area contributed by atoms with Crippen LogP contribution in [0.25, 0.3) is 0 Å². The minimum Gasteiger partial charge on any atom is -0.345 e. The second-order valence-corrected chi connectivity index (χ2v) is 2.26. The Morgan fingerprint density at radius 1 is 1.60 bits per heavy atom. The van der Waals surface area contributed by atoms with E-state index in [4.69, 9.17) is 0 Å². The van der Waals surface area contributed by atoms with Gasteiger partial charge in [0.05, 0.1) is 24.4 Å². The van der Waals surface area contributed by atoms with E-state index in [1.165, 1.54) is 0 Å². The molecule has 0 unspecified atom stereocenters. The number of hydrogen-bond donors (Lipinski definition) is 2. The highest BCUT2D eigenvalue weighted by Gasteiger charge is 2.09. The molecule has 1 aromatic heterocycles. The number of amidine groups is 1. The van der Waals surface area contributed by atoms with Crippen molar-refractivity contribution >= 4 is 11.7 Å². The standard InChI is InChI=1S/C6H8N4/c1-4-7-2-5-6(10-4)9-3-8-5/h3H,2H2,1H3,(H,7,10)(H,8,9). The van der Waals surface area contributed by atoms with Gasteiger partial charge in [0.1, 0.15) is 0 Å². The van der Waals surface area contributed by atoms with Crippen LogP contribution in [0.2, 0.25) is 0 Å². The predicted molar refractivity (Wildman–Crippen MR) is 39.0 cm³/mol. The van der Waals surface area contributed by atoms with Crippen molar-refractivity contribution in [2.24, 2.45) is 4.99 Å². The van der Waals surface area contributed by atoms with Gasteiger partial charge in [0.25, 0.3) is 0 Å². The maximum absolute atomic E-state index is 4.18. The summed E-state index contributed by atoms with van der Waals surface area (Å²) in [6.07, 6.45) is 1.67. The van der Waals surface area contributed by atoms with Gasteiger partial charge in [-0.1, -0.05) is 0 Å². The van der Waals surface area contributed by atoms with E-state index in [0.717, 1.165) is 17.3 Å². The highest BCUT2D eigenvalue weighted by molar-refractivity contribution is 5.94. The molecule has 2 N–H and O–H groups in total. The number of aromatic amines is 1. The van der Waals surface area contributed by atoms with Crippen LogP contribution in [-0.4, -0.2) is 15.8 Å². The monoisotopic (exact) mass is 136 g/mol. The summed E-state index contributed by atoms with van der Waals surface area (Å²) in [6, 6.07) is 0. The molecule has 1 aliphatic heterocycles. The maximum Gasteiger partial charge on any atom is 0.154 e. The van der Waals surface area contributed by atoms with Gasteiger partial charge >= 0.3 is 0 Å². The minimum atomic E-state index is 0.716. The van der Waals surface area contributed by atoms with Gasteiger partial charge in [0.2, 0.25) is 0 Å². The van der Waals surface area contributed by atoms with Gasteiger partial charge in [-0.3, -0.25) is 4.99 Å². The molecule has 0 saturated heterocycles. The average molecular weight is 136 g/mol. The molecule has 0 spiro atoms. The number of aromatic nitrogens is 2. The number of nitrogens with zero attached hydrogens (tertiary/aromatic N) is 2. The van der Waals surface area contributed by atoms with E-state index in [-0.39, 0.29) is 0 Å². The molecular formula is C6H8N4. The number of fused-ring (bicyclic) bond motifs is 1. The van der Waals surface area contributed by atoms with Crippen molar-refractivity contribution in [1.82, 2.24) is 9.97 Å². The lowest BCUT2D eigenvalue weighted by molar-refractivity contribution is 0.992. The summed E-state index contributed by atoms with van der Waals surface area (Å²) in [7, 11) is 0. The molecule has 0 fully saturated rings. The minimum absolute atomic E-state index is 0.716. The topological polar surface area (TPSA) is 53.1 Å². The summed E-state index contributed by atoms with van der Waals surface area (Å²) in [5.74, 6) is 1.84. The van der Waals surface area contributed by atoms with Crippen LogP contribution < -0.4 is 5.32 Å². The van der Waals surface area contributed by atoms with Gasteiger partial charge in [-0.2, -0.15) is 0 Å². The van der Waals surface area contributed by atoms with Gasteiger partial charge in [0, 0.05) is 0 Å². The van der Waals surface area contributed by atoms with Crippen molar-refractivity contribution in [2.75, 3.05) is 5.32 Å². The molecule has 4 nitrogen and oxygen atoms in total. The number of rotatable bonds is 0. The highest BCUT2D eigenvalue weighted by atomic mass is 15.1. The van der Waals surface area contributed by atoms with E-state index < -0.39 is 0 Å². The molecule has 0 bridgehead atoms. The van der Waals surface area contributed by atoms with Gasteiger partial charge in [0.15, 0.2) is 5.82 Å². The third-order valence-corrected chi connectivity index (χ3v) is 1.49. The van der Waals surface area contributed by atoms with Gasteiger partial charge in [-0.15, -0.1) is 0 Å². The number of aliphatic imine (C=N–C) groups is 1. The second kappa shape index (κ2) is 1.83.